The molecule has 0 N–H and O–H groups in total. The van der Waals surface area contributed by atoms with E-state index in [1.807, 2.05) is 0 Å². The Balaban J connectivity index is 1.24. The fraction of sp³-hybridized carbons (Fsp3) is 0.590. The minimum Gasteiger partial charge on any atom is -0.305 e. The highest BCUT2D eigenvalue weighted by molar-refractivity contribution is 6.24. The minimum absolute atomic E-state index is 0.223. The second kappa shape index (κ2) is 6.26. The van der Waals surface area contributed by atoms with Crippen LogP contribution in [0.3, 0.4) is 0 Å². The van der Waals surface area contributed by atoms with Crippen molar-refractivity contribution in [3.8, 4) is 0 Å². The Morgan fingerprint density at radius 1 is 0.643 bits per heavy atom. The van der Waals surface area contributed by atoms with Crippen LogP contribution in [0.4, 0.5) is 0 Å². The van der Waals surface area contributed by atoms with Crippen molar-refractivity contribution in [1.82, 2.24) is 14.4 Å². The van der Waals surface area contributed by atoms with Crippen LogP contribution in [0, 0.1) is 29.1 Å². The third-order valence-corrected chi connectivity index (χ3v) is 15.4. The van der Waals surface area contributed by atoms with E-state index in [9.17, 15) is 0 Å². The first-order valence-corrected chi connectivity index (χ1v) is 17.2. The van der Waals surface area contributed by atoms with Gasteiger partial charge in [-0.1, -0.05) is 45.9 Å². The number of pyridine rings is 2. The van der Waals surface area contributed by atoms with Gasteiger partial charge in [-0.15, -0.1) is 0 Å². The van der Waals surface area contributed by atoms with Gasteiger partial charge in [0.15, 0.2) is 0 Å². The lowest BCUT2D eigenvalue weighted by Crippen LogP contribution is -2.41. The van der Waals surface area contributed by atoms with Crippen LogP contribution in [0.15, 0.2) is 30.6 Å². The van der Waals surface area contributed by atoms with Crippen molar-refractivity contribution in [2.24, 2.45) is 29.1 Å². The number of aromatic nitrogens is 3. The van der Waals surface area contributed by atoms with Gasteiger partial charge in [0.25, 0.3) is 0 Å². The normalized spacial score (nSPS) is 45.6. The Morgan fingerprint density at radius 3 is 1.86 bits per heavy atom. The average Bonchev–Trinajstić information content (AvgIpc) is 3.56. The summed E-state index contributed by atoms with van der Waals surface area (Å²) in [5.74, 6) is 3.58. The summed E-state index contributed by atoms with van der Waals surface area (Å²) < 4.78 is 2.62. The minimum atomic E-state index is 0.223. The standard InChI is InChI=1S/C39H41N3/c1-35-10-20-8-21(11-35)13-36(2,12-20)33-30(35)28-24-6-5-7-25-29-27(42(32(24)25)26(28)16-40-33)17-41-34-31(29)37(3)14-22-9-23-15-38(34,4)19-39(22,23)18-37/h5-7,16-17,20-23H,8-15,18-19H2,1-4H3. The zero-order chi connectivity index (χ0) is 27.8. The Labute approximate surface area is 247 Å². The molecule has 3 nitrogen and oxygen atoms in total. The van der Waals surface area contributed by atoms with E-state index in [0.29, 0.717) is 5.41 Å². The highest BCUT2D eigenvalue weighted by Gasteiger charge is 2.72. The zero-order valence-corrected chi connectivity index (χ0v) is 25.6. The largest absolute Gasteiger partial charge is 0.305 e. The molecule has 0 saturated heterocycles. The van der Waals surface area contributed by atoms with Crippen molar-refractivity contribution in [3.63, 3.8) is 0 Å². The van der Waals surface area contributed by atoms with E-state index in [-0.39, 0.29) is 21.7 Å². The van der Waals surface area contributed by atoms with Gasteiger partial charge in [0.1, 0.15) is 0 Å². The quantitative estimate of drug-likeness (QED) is 0.192. The second-order valence-electron chi connectivity index (χ2n) is 18.2. The monoisotopic (exact) mass is 551 g/mol. The van der Waals surface area contributed by atoms with Gasteiger partial charge >= 0.3 is 0 Å². The molecule has 8 aliphatic rings. The highest BCUT2D eigenvalue weighted by atomic mass is 15.0. The Morgan fingerprint density at radius 2 is 1.19 bits per heavy atom. The van der Waals surface area contributed by atoms with Crippen molar-refractivity contribution in [1.29, 1.82) is 0 Å². The van der Waals surface area contributed by atoms with Gasteiger partial charge in [0.05, 0.1) is 40.3 Å². The molecule has 0 amide bonds. The van der Waals surface area contributed by atoms with Crippen LogP contribution in [0.25, 0.3) is 38.1 Å². The fourth-order valence-corrected chi connectivity index (χ4v) is 14.9. The van der Waals surface area contributed by atoms with Gasteiger partial charge in [-0.3, -0.25) is 9.97 Å². The molecule has 3 heteroatoms. The molecule has 7 bridgehead atoms. The van der Waals surface area contributed by atoms with Gasteiger partial charge in [0.2, 0.25) is 0 Å². The number of hydrogen-bond donors (Lipinski definition) is 0. The summed E-state index contributed by atoms with van der Waals surface area (Å²) in [5.41, 5.74) is 11.8. The second-order valence-corrected chi connectivity index (χ2v) is 18.2. The molecule has 13 rings (SSSR count). The first-order chi connectivity index (χ1) is 20.1. The number of para-hydroxylation sites is 1. The van der Waals surface area contributed by atoms with E-state index in [2.05, 4.69) is 62.7 Å². The predicted octanol–water partition coefficient (Wildman–Crippen LogP) is 9.10. The molecular weight excluding hydrogens is 510 g/mol. The summed E-state index contributed by atoms with van der Waals surface area (Å²) in [6.45, 7) is 10.4. The summed E-state index contributed by atoms with van der Waals surface area (Å²) in [6, 6.07) is 7.27. The summed E-state index contributed by atoms with van der Waals surface area (Å²) in [6.07, 6.45) is 18.3. The topological polar surface area (TPSA) is 30.2 Å². The molecule has 4 heterocycles. The molecule has 5 fully saturated rings. The van der Waals surface area contributed by atoms with Crippen molar-refractivity contribution in [2.45, 2.75) is 114 Å². The van der Waals surface area contributed by atoms with Gasteiger partial charge in [0, 0.05) is 32.4 Å². The molecule has 1 aromatic carbocycles. The molecule has 4 aromatic heterocycles. The highest BCUT2D eigenvalue weighted by Crippen LogP contribution is 2.79. The van der Waals surface area contributed by atoms with Crippen LogP contribution in [0.1, 0.15) is 114 Å². The van der Waals surface area contributed by atoms with Crippen molar-refractivity contribution in [2.75, 3.05) is 0 Å². The molecule has 212 valence electrons. The molecule has 5 saturated carbocycles. The van der Waals surface area contributed by atoms with Crippen LogP contribution >= 0.6 is 0 Å². The summed E-state index contributed by atoms with van der Waals surface area (Å²) in [5, 5.41) is 5.99. The molecule has 8 aliphatic carbocycles. The van der Waals surface area contributed by atoms with Crippen LogP contribution in [0.2, 0.25) is 0 Å². The maximum atomic E-state index is 5.53. The van der Waals surface area contributed by atoms with Crippen molar-refractivity contribution >= 4 is 38.1 Å². The van der Waals surface area contributed by atoms with E-state index in [1.54, 1.807) is 11.1 Å². The summed E-state index contributed by atoms with van der Waals surface area (Å²) in [4.78, 5) is 11.0. The van der Waals surface area contributed by atoms with Gasteiger partial charge in [-0.05, 0) is 115 Å². The first kappa shape index (κ1) is 22.8. The van der Waals surface area contributed by atoms with Crippen LogP contribution in [0.5, 0.6) is 0 Å². The lowest BCUT2D eigenvalue weighted by molar-refractivity contribution is 0.00219. The van der Waals surface area contributed by atoms with Crippen LogP contribution in [-0.2, 0) is 21.7 Å². The lowest BCUT2D eigenvalue weighted by atomic mass is 9.56. The van der Waals surface area contributed by atoms with E-state index in [4.69, 9.17) is 9.97 Å². The number of nitrogens with zero attached hydrogens (tertiary/aromatic N) is 3. The van der Waals surface area contributed by atoms with E-state index >= 15 is 0 Å². The number of benzene rings is 1. The molecule has 42 heavy (non-hydrogen) atoms. The molecule has 0 aliphatic heterocycles. The van der Waals surface area contributed by atoms with Gasteiger partial charge in [-0.2, -0.15) is 0 Å². The zero-order valence-electron chi connectivity index (χ0n) is 25.6. The molecule has 7 atom stereocenters. The Kier molecular flexibility index (Phi) is 3.40. The van der Waals surface area contributed by atoms with Gasteiger partial charge in [-0.25, -0.2) is 0 Å². The molecule has 0 radical (unpaired) electrons. The Hall–Kier alpha value is -2.68. The van der Waals surface area contributed by atoms with E-state index < -0.39 is 0 Å². The van der Waals surface area contributed by atoms with E-state index in [0.717, 1.165) is 23.7 Å². The van der Waals surface area contributed by atoms with Crippen LogP contribution < -0.4 is 0 Å². The third-order valence-electron chi connectivity index (χ3n) is 15.4. The predicted molar refractivity (Wildman–Crippen MR) is 169 cm³/mol. The van der Waals surface area contributed by atoms with Gasteiger partial charge < -0.3 is 4.40 Å². The lowest BCUT2D eigenvalue weighted by Gasteiger charge is -2.49. The Bertz CT molecular complexity index is 2100. The average molecular weight is 552 g/mol. The number of rotatable bonds is 0. The van der Waals surface area contributed by atoms with E-state index in [1.165, 1.54) is 114 Å². The maximum Gasteiger partial charge on any atom is 0.0728 e. The maximum absolute atomic E-state index is 5.53. The number of hydrogen-bond acceptors (Lipinski definition) is 2. The van der Waals surface area contributed by atoms with Crippen molar-refractivity contribution < 1.29 is 0 Å². The molecule has 7 unspecified atom stereocenters. The fourth-order valence-electron chi connectivity index (χ4n) is 14.9. The summed E-state index contributed by atoms with van der Waals surface area (Å²) >= 11 is 0. The van der Waals surface area contributed by atoms with Crippen LogP contribution in [-0.4, -0.2) is 14.4 Å². The van der Waals surface area contributed by atoms with Crippen molar-refractivity contribution in [3.05, 3.63) is 53.1 Å². The molecule has 1 spiro atoms. The molecule has 5 aromatic rings. The number of fused-ring (bicyclic) bond motifs is 12. The SMILES string of the molecule is CC12CC3CC(C1)CC(C)(C3)c1c2ncc2c1c1cccc3c4c5c(ncc4n2c13)C1(C)CC2CC3CC5(C)CC23C1. The summed E-state index contributed by atoms with van der Waals surface area (Å²) in [7, 11) is 0. The smallest absolute Gasteiger partial charge is 0.0728 e. The first-order valence-electron chi connectivity index (χ1n) is 17.2. The third kappa shape index (κ3) is 2.15. The molecular formula is C39H41N3.